The van der Waals surface area contributed by atoms with Gasteiger partial charge in [0, 0.05) is 0 Å². The summed E-state index contributed by atoms with van der Waals surface area (Å²) < 4.78 is 31.2. The lowest BCUT2D eigenvalue weighted by molar-refractivity contribution is 0.0552. The molecule has 0 radical (unpaired) electrons. The second-order valence-electron chi connectivity index (χ2n) is 3.30. The molecule has 3 aliphatic rings. The highest BCUT2D eigenvalue weighted by Crippen LogP contribution is 2.63. The van der Waals surface area contributed by atoms with Crippen LogP contribution in [0.15, 0.2) is 27.8 Å². The molecule has 8 heteroatoms. The van der Waals surface area contributed by atoms with Crippen molar-refractivity contribution in [3.63, 3.8) is 0 Å². The minimum atomic E-state index is -2.54. The van der Waals surface area contributed by atoms with Crippen LogP contribution in [0.4, 0.5) is 8.78 Å². The molecule has 0 aromatic rings. The number of thioether (sulfide) groups is 6. The zero-order valence-corrected chi connectivity index (χ0v) is 13.2. The summed E-state index contributed by atoms with van der Waals surface area (Å²) in [6, 6.07) is 0. The molecule has 0 nitrogen and oxygen atoms in total. The molecule has 0 aromatic carbocycles. The largest absolute Gasteiger partial charge is 0.266 e. The van der Waals surface area contributed by atoms with Gasteiger partial charge in [-0.25, -0.2) is 8.78 Å². The summed E-state index contributed by atoms with van der Waals surface area (Å²) in [6.07, 6.45) is 0. The Kier molecular flexibility index (Phi) is 4.09. The monoisotopic (exact) mass is 344 g/mol. The lowest BCUT2D eigenvalue weighted by atomic mass is 10.5. The number of halogens is 2. The summed E-state index contributed by atoms with van der Waals surface area (Å²) in [6.45, 7) is 0. The maximum atomic E-state index is 13.3. The molecule has 3 heterocycles. The Hall–Kier alpha value is 1.18. The third kappa shape index (κ3) is 3.02. The number of hydrogen-bond donors (Lipinski definition) is 0. The van der Waals surface area contributed by atoms with Gasteiger partial charge in [-0.3, -0.25) is 0 Å². The van der Waals surface area contributed by atoms with Gasteiger partial charge in [-0.1, -0.05) is 47.0 Å². The first-order valence-electron chi connectivity index (χ1n) is 4.60. The van der Waals surface area contributed by atoms with E-state index in [1.807, 2.05) is 0 Å². The number of alkyl halides is 2. The molecule has 0 fully saturated rings. The van der Waals surface area contributed by atoms with E-state index in [4.69, 9.17) is 0 Å². The quantitative estimate of drug-likeness (QED) is 0.542. The summed E-state index contributed by atoms with van der Waals surface area (Å²) in [5, 5.41) is 4.12. The highest BCUT2D eigenvalue weighted by Gasteiger charge is 2.37. The standard InChI is InChI=1S/C9H6F2S6/c10-9(11)3-14-6-7(15-4-9)17-8(16-6)5-12-1-2-13-5/h1-2H,3-4H2. The molecular weight excluding hydrogens is 338 g/mol. The van der Waals surface area contributed by atoms with Gasteiger partial charge >= 0.3 is 0 Å². The summed E-state index contributed by atoms with van der Waals surface area (Å²) in [7, 11) is 0. The maximum Gasteiger partial charge on any atom is 0.266 e. The van der Waals surface area contributed by atoms with Crippen LogP contribution in [0.3, 0.4) is 0 Å². The topological polar surface area (TPSA) is 0 Å². The predicted octanol–water partition coefficient (Wildman–Crippen LogP) is 5.79. The molecule has 0 atom stereocenters. The average Bonchev–Trinajstić information content (AvgIpc) is 2.91. The molecular formula is C9H6F2S6. The van der Waals surface area contributed by atoms with Crippen LogP contribution < -0.4 is 0 Å². The van der Waals surface area contributed by atoms with E-state index in [1.165, 1.54) is 32.0 Å². The Morgan fingerprint density at radius 3 is 1.88 bits per heavy atom. The first-order chi connectivity index (χ1) is 8.14. The molecule has 0 saturated carbocycles. The molecule has 17 heavy (non-hydrogen) atoms. The van der Waals surface area contributed by atoms with E-state index >= 15 is 0 Å². The van der Waals surface area contributed by atoms with Crippen molar-refractivity contribution in [2.75, 3.05) is 11.5 Å². The van der Waals surface area contributed by atoms with Crippen LogP contribution in [-0.2, 0) is 0 Å². The normalized spacial score (nSPS) is 27.6. The molecule has 0 aliphatic carbocycles. The summed E-state index contributed by atoms with van der Waals surface area (Å²) in [4.78, 5) is 0. The van der Waals surface area contributed by atoms with Gasteiger partial charge in [0.05, 0.1) is 28.5 Å². The fraction of sp³-hybridized carbons (Fsp3) is 0.333. The smallest absolute Gasteiger partial charge is 0.205 e. The molecule has 3 aliphatic heterocycles. The Morgan fingerprint density at radius 2 is 1.35 bits per heavy atom. The van der Waals surface area contributed by atoms with Crippen LogP contribution in [0, 0.1) is 0 Å². The number of hydrogen-bond acceptors (Lipinski definition) is 6. The number of rotatable bonds is 0. The first kappa shape index (κ1) is 13.2. The zero-order valence-electron chi connectivity index (χ0n) is 8.27. The second kappa shape index (κ2) is 5.28. The van der Waals surface area contributed by atoms with Crippen LogP contribution in [-0.4, -0.2) is 17.4 Å². The van der Waals surface area contributed by atoms with Crippen molar-refractivity contribution in [3.05, 3.63) is 27.8 Å². The molecule has 92 valence electrons. The molecule has 0 amide bonds. The van der Waals surface area contributed by atoms with Crippen molar-refractivity contribution in [2.24, 2.45) is 0 Å². The van der Waals surface area contributed by atoms with Crippen molar-refractivity contribution >= 4 is 70.6 Å². The van der Waals surface area contributed by atoms with Crippen LogP contribution >= 0.6 is 70.6 Å². The van der Waals surface area contributed by atoms with Crippen molar-refractivity contribution in [1.29, 1.82) is 0 Å². The minimum absolute atomic E-state index is 0.0897. The van der Waals surface area contributed by atoms with Gasteiger partial charge < -0.3 is 0 Å². The van der Waals surface area contributed by atoms with Gasteiger partial charge in [-0.15, -0.1) is 23.5 Å². The second-order valence-corrected chi connectivity index (χ2v) is 10.2. The molecule has 3 rings (SSSR count). The Morgan fingerprint density at radius 1 is 0.824 bits per heavy atom. The van der Waals surface area contributed by atoms with Crippen molar-refractivity contribution in [1.82, 2.24) is 0 Å². The highest BCUT2D eigenvalue weighted by atomic mass is 32.3. The molecule has 0 unspecified atom stereocenters. The molecule has 0 saturated heterocycles. The Bertz CT molecular complexity index is 405. The van der Waals surface area contributed by atoms with Crippen LogP contribution in [0.5, 0.6) is 0 Å². The van der Waals surface area contributed by atoms with Crippen molar-refractivity contribution < 1.29 is 8.78 Å². The van der Waals surface area contributed by atoms with Crippen LogP contribution in [0.1, 0.15) is 0 Å². The van der Waals surface area contributed by atoms with Gasteiger partial charge in [-0.2, -0.15) is 0 Å². The molecule has 0 bridgehead atoms. The van der Waals surface area contributed by atoms with Crippen LogP contribution in [0.2, 0.25) is 0 Å². The average molecular weight is 345 g/mol. The van der Waals surface area contributed by atoms with Crippen LogP contribution in [0.25, 0.3) is 0 Å². The van der Waals surface area contributed by atoms with E-state index in [2.05, 4.69) is 10.8 Å². The third-order valence-electron chi connectivity index (χ3n) is 1.94. The summed E-state index contributed by atoms with van der Waals surface area (Å²) in [5.41, 5.74) is 0. The van der Waals surface area contributed by atoms with Gasteiger partial charge in [0.2, 0.25) is 0 Å². The fourth-order valence-corrected chi connectivity index (χ4v) is 9.18. The molecule has 0 aromatic heterocycles. The summed E-state index contributed by atoms with van der Waals surface area (Å²) in [5.74, 6) is -2.71. The lowest BCUT2D eigenvalue weighted by Gasteiger charge is -2.12. The van der Waals surface area contributed by atoms with E-state index in [0.29, 0.717) is 0 Å². The van der Waals surface area contributed by atoms with E-state index < -0.39 is 5.92 Å². The maximum absolute atomic E-state index is 13.3. The summed E-state index contributed by atoms with van der Waals surface area (Å²) >= 11 is 9.35. The Labute approximate surface area is 124 Å². The fourth-order valence-electron chi connectivity index (χ4n) is 1.22. The third-order valence-corrected chi connectivity index (χ3v) is 10.4. The minimum Gasteiger partial charge on any atom is -0.205 e. The first-order valence-corrected chi connectivity index (χ1v) is 9.96. The van der Waals surface area contributed by atoms with Gasteiger partial charge in [0.1, 0.15) is 0 Å². The van der Waals surface area contributed by atoms with E-state index in [-0.39, 0.29) is 11.5 Å². The SMILES string of the molecule is FC1(F)CSC2=C(SC1)SC(=C1SC=CS1)S2. The zero-order chi connectivity index (χ0) is 11.9. The Balaban J connectivity index is 1.74. The van der Waals surface area contributed by atoms with Gasteiger partial charge in [-0.05, 0) is 10.8 Å². The van der Waals surface area contributed by atoms with E-state index in [9.17, 15) is 8.78 Å². The van der Waals surface area contributed by atoms with Gasteiger partial charge in [0.25, 0.3) is 5.92 Å². The predicted molar refractivity (Wildman–Crippen MR) is 83.4 cm³/mol. The van der Waals surface area contributed by atoms with Crippen molar-refractivity contribution in [2.45, 2.75) is 5.92 Å². The molecule has 0 N–H and O–H groups in total. The van der Waals surface area contributed by atoms with Gasteiger partial charge in [0.15, 0.2) is 0 Å². The van der Waals surface area contributed by atoms with E-state index in [1.54, 1.807) is 47.0 Å². The molecule has 0 spiro atoms. The highest BCUT2D eigenvalue weighted by molar-refractivity contribution is 8.42. The van der Waals surface area contributed by atoms with E-state index in [0.717, 1.165) is 8.47 Å². The van der Waals surface area contributed by atoms with Crippen molar-refractivity contribution in [3.8, 4) is 0 Å². The lowest BCUT2D eigenvalue weighted by Crippen LogP contribution is -2.21.